The topological polar surface area (TPSA) is 69.2 Å². The van der Waals surface area contributed by atoms with Crippen LogP contribution in [0.15, 0.2) is 24.3 Å². The van der Waals surface area contributed by atoms with Crippen molar-refractivity contribution in [1.82, 2.24) is 15.1 Å². The lowest BCUT2D eigenvalue weighted by atomic mass is 10.0. The molecule has 4 rings (SSSR count). The van der Waals surface area contributed by atoms with Gasteiger partial charge in [0, 0.05) is 18.2 Å². The summed E-state index contributed by atoms with van der Waals surface area (Å²) in [4.78, 5) is 14.2. The second kappa shape index (κ2) is 5.66. The van der Waals surface area contributed by atoms with Gasteiger partial charge in [-0.15, -0.1) is 0 Å². The molecule has 24 heavy (non-hydrogen) atoms. The van der Waals surface area contributed by atoms with E-state index in [1.807, 2.05) is 0 Å². The third-order valence-corrected chi connectivity index (χ3v) is 4.70. The lowest BCUT2D eigenvalue weighted by Crippen LogP contribution is -2.32. The molecule has 1 aromatic heterocycles. The second-order valence-electron chi connectivity index (χ2n) is 6.52. The zero-order valence-electron chi connectivity index (χ0n) is 12.9. The van der Waals surface area contributed by atoms with Gasteiger partial charge < -0.3 is 10.0 Å². The summed E-state index contributed by atoms with van der Waals surface area (Å²) in [7, 11) is 0. The minimum Gasteiger partial charge on any atom is -0.391 e. The maximum absolute atomic E-state index is 13.5. The average Bonchev–Trinajstić information content (AvgIpc) is 3.16. The Bertz CT molecular complexity index is 788. The molecule has 2 N–H and O–H groups in total. The summed E-state index contributed by atoms with van der Waals surface area (Å²) >= 11 is 0. The zero-order chi connectivity index (χ0) is 16.8. The number of H-pyrrole nitrogens is 1. The van der Waals surface area contributed by atoms with Gasteiger partial charge in [0.05, 0.1) is 12.1 Å². The van der Waals surface area contributed by atoms with Gasteiger partial charge in [0.25, 0.3) is 5.91 Å². The Morgan fingerprint density at radius 3 is 2.75 bits per heavy atom. The molecule has 126 valence electrons. The fourth-order valence-corrected chi connectivity index (χ4v) is 3.27. The van der Waals surface area contributed by atoms with Crippen molar-refractivity contribution < 1.29 is 18.7 Å². The van der Waals surface area contributed by atoms with Crippen molar-refractivity contribution in [2.24, 2.45) is 0 Å². The average molecular weight is 333 g/mol. The molecular formula is C17H17F2N3O2. The molecule has 2 fully saturated rings. The number of likely N-dealkylation sites (tertiary alicyclic amines) is 1. The smallest absolute Gasteiger partial charge is 0.274 e. The fourth-order valence-electron chi connectivity index (χ4n) is 3.27. The van der Waals surface area contributed by atoms with Crippen molar-refractivity contribution in [3.8, 4) is 0 Å². The molecule has 1 saturated heterocycles. The number of rotatable bonds is 3. The van der Waals surface area contributed by atoms with E-state index in [-0.39, 0.29) is 18.9 Å². The van der Waals surface area contributed by atoms with E-state index in [2.05, 4.69) is 10.2 Å². The number of hydrogen-bond acceptors (Lipinski definition) is 3. The number of β-amino-alcohol motifs (C(OH)–C–C–N with tert-alkyl or cyclic N) is 1. The van der Waals surface area contributed by atoms with Gasteiger partial charge in [-0.05, 0) is 43.0 Å². The standard InChI is InChI=1S/C17H17F2N3O2/c18-12-4-3-10(5-13(12)19)16-6-11(23)8-22(16)17(24)15-7-14(20-21-15)9-1-2-9/h3-5,7,9,11,16,23H,1-2,6,8H2,(H,20,21)/t11-,16+/m0/s1. The Labute approximate surface area is 137 Å². The highest BCUT2D eigenvalue weighted by Crippen LogP contribution is 2.39. The van der Waals surface area contributed by atoms with Gasteiger partial charge in [-0.3, -0.25) is 9.89 Å². The number of halogens is 2. The molecule has 7 heteroatoms. The summed E-state index contributed by atoms with van der Waals surface area (Å²) in [5.74, 6) is -1.76. The highest BCUT2D eigenvalue weighted by Gasteiger charge is 2.37. The number of aromatic nitrogens is 2. The van der Waals surface area contributed by atoms with Gasteiger partial charge in [-0.1, -0.05) is 6.07 Å². The van der Waals surface area contributed by atoms with Crippen LogP contribution >= 0.6 is 0 Å². The first kappa shape index (κ1) is 15.3. The van der Waals surface area contributed by atoms with E-state index in [1.54, 1.807) is 6.07 Å². The number of carbonyl (C=O) groups is 1. The Balaban J connectivity index is 1.61. The number of amides is 1. The lowest BCUT2D eigenvalue weighted by molar-refractivity contribution is 0.0709. The number of benzene rings is 1. The maximum Gasteiger partial charge on any atom is 0.274 e. The maximum atomic E-state index is 13.5. The Morgan fingerprint density at radius 1 is 1.25 bits per heavy atom. The third kappa shape index (κ3) is 2.69. The van der Waals surface area contributed by atoms with Crippen molar-refractivity contribution in [2.75, 3.05) is 6.54 Å². The SMILES string of the molecule is O=C(c1cc(C2CC2)[nH]n1)N1C[C@@H](O)C[C@@H]1c1ccc(F)c(F)c1. The Morgan fingerprint density at radius 2 is 2.04 bits per heavy atom. The summed E-state index contributed by atoms with van der Waals surface area (Å²) in [6, 6.07) is 4.81. The van der Waals surface area contributed by atoms with E-state index in [0.717, 1.165) is 30.7 Å². The van der Waals surface area contributed by atoms with E-state index in [0.29, 0.717) is 17.2 Å². The van der Waals surface area contributed by atoms with Crippen LogP contribution in [0.4, 0.5) is 8.78 Å². The number of aliphatic hydroxyl groups excluding tert-OH is 1. The van der Waals surface area contributed by atoms with E-state index in [9.17, 15) is 18.7 Å². The molecule has 0 spiro atoms. The monoisotopic (exact) mass is 333 g/mol. The number of aromatic amines is 1. The van der Waals surface area contributed by atoms with Gasteiger partial charge in [-0.25, -0.2) is 8.78 Å². The first-order valence-electron chi connectivity index (χ1n) is 8.02. The molecule has 2 atom stereocenters. The van der Waals surface area contributed by atoms with Crippen LogP contribution in [0.2, 0.25) is 0 Å². The predicted octanol–water partition coefficient (Wildman–Crippen LogP) is 2.51. The van der Waals surface area contributed by atoms with Gasteiger partial charge >= 0.3 is 0 Å². The van der Waals surface area contributed by atoms with Crippen LogP contribution in [0, 0.1) is 11.6 Å². The normalized spacial score (nSPS) is 23.7. The van der Waals surface area contributed by atoms with Crippen LogP contribution in [0.5, 0.6) is 0 Å². The zero-order valence-corrected chi connectivity index (χ0v) is 12.9. The summed E-state index contributed by atoms with van der Waals surface area (Å²) in [6.45, 7) is 0.147. The molecule has 0 bridgehead atoms. The van der Waals surface area contributed by atoms with Crippen LogP contribution < -0.4 is 0 Å². The summed E-state index contributed by atoms with van der Waals surface area (Å²) < 4.78 is 26.7. The molecule has 1 saturated carbocycles. The number of aliphatic hydroxyl groups is 1. The van der Waals surface area contributed by atoms with Crippen molar-refractivity contribution >= 4 is 5.91 Å². The first-order valence-corrected chi connectivity index (χ1v) is 8.02. The molecular weight excluding hydrogens is 316 g/mol. The molecule has 1 aliphatic heterocycles. The Kier molecular flexibility index (Phi) is 3.60. The first-order chi connectivity index (χ1) is 11.5. The van der Waals surface area contributed by atoms with Crippen LogP contribution in [0.1, 0.15) is 53.0 Å². The largest absolute Gasteiger partial charge is 0.391 e. The molecule has 0 unspecified atom stereocenters. The van der Waals surface area contributed by atoms with E-state index < -0.39 is 23.8 Å². The molecule has 1 amide bonds. The van der Waals surface area contributed by atoms with Gasteiger partial charge in [0.1, 0.15) is 5.69 Å². The van der Waals surface area contributed by atoms with Crippen LogP contribution in [-0.2, 0) is 0 Å². The number of nitrogens with one attached hydrogen (secondary N) is 1. The molecule has 2 heterocycles. The van der Waals surface area contributed by atoms with Crippen molar-refractivity contribution in [3.05, 3.63) is 52.9 Å². The van der Waals surface area contributed by atoms with Gasteiger partial charge in [0.2, 0.25) is 0 Å². The van der Waals surface area contributed by atoms with Crippen LogP contribution in [0.25, 0.3) is 0 Å². The quantitative estimate of drug-likeness (QED) is 0.907. The summed E-state index contributed by atoms with van der Waals surface area (Å²) in [5, 5.41) is 16.9. The Hall–Kier alpha value is -2.28. The van der Waals surface area contributed by atoms with Crippen molar-refractivity contribution in [2.45, 2.75) is 37.3 Å². The third-order valence-electron chi connectivity index (χ3n) is 4.70. The van der Waals surface area contributed by atoms with Crippen LogP contribution in [0.3, 0.4) is 0 Å². The van der Waals surface area contributed by atoms with Crippen LogP contribution in [-0.4, -0.2) is 38.8 Å². The number of hydrogen-bond donors (Lipinski definition) is 2. The fraction of sp³-hybridized carbons (Fsp3) is 0.412. The van der Waals surface area contributed by atoms with Crippen molar-refractivity contribution in [1.29, 1.82) is 0 Å². The van der Waals surface area contributed by atoms with E-state index in [4.69, 9.17) is 0 Å². The predicted molar refractivity (Wildman–Crippen MR) is 81.3 cm³/mol. The molecule has 1 aliphatic carbocycles. The number of nitrogens with zero attached hydrogens (tertiary/aromatic N) is 2. The number of carbonyl (C=O) groups excluding carboxylic acids is 1. The van der Waals surface area contributed by atoms with Crippen molar-refractivity contribution in [3.63, 3.8) is 0 Å². The lowest BCUT2D eigenvalue weighted by Gasteiger charge is -2.24. The van der Waals surface area contributed by atoms with E-state index in [1.165, 1.54) is 11.0 Å². The molecule has 2 aliphatic rings. The highest BCUT2D eigenvalue weighted by atomic mass is 19.2. The minimum absolute atomic E-state index is 0.147. The molecule has 1 aromatic carbocycles. The second-order valence-corrected chi connectivity index (χ2v) is 6.52. The van der Waals surface area contributed by atoms with Gasteiger partial charge in [-0.2, -0.15) is 5.10 Å². The van der Waals surface area contributed by atoms with Gasteiger partial charge in [0.15, 0.2) is 11.6 Å². The summed E-state index contributed by atoms with van der Waals surface area (Å²) in [6.07, 6.45) is 1.77. The minimum atomic E-state index is -0.961. The highest BCUT2D eigenvalue weighted by molar-refractivity contribution is 5.93. The molecule has 2 aromatic rings. The molecule has 0 radical (unpaired) electrons. The molecule has 5 nitrogen and oxygen atoms in total. The van der Waals surface area contributed by atoms with E-state index >= 15 is 0 Å². The summed E-state index contributed by atoms with van der Waals surface area (Å²) in [5.41, 5.74) is 1.71.